The van der Waals surface area contributed by atoms with Crippen molar-refractivity contribution in [1.29, 1.82) is 0 Å². The molecule has 1 aromatic rings. The lowest BCUT2D eigenvalue weighted by Crippen LogP contribution is -2.04. The van der Waals surface area contributed by atoms with Gasteiger partial charge in [-0.15, -0.1) is 0 Å². The maximum absolute atomic E-state index is 11.0. The number of hydrogen-bond donors (Lipinski definition) is 0. The molecular weight excluding hydrogens is 224 g/mol. The molecule has 0 atom stereocenters. The zero-order valence-electron chi connectivity index (χ0n) is 9.76. The number of carbonyl (C=O) groups excluding carboxylic acids is 1. The summed E-state index contributed by atoms with van der Waals surface area (Å²) in [6.45, 7) is 1.05. The summed E-state index contributed by atoms with van der Waals surface area (Å²) in [7, 11) is 3.06. The van der Waals surface area contributed by atoms with Crippen LogP contribution in [0.3, 0.4) is 0 Å². The van der Waals surface area contributed by atoms with Gasteiger partial charge in [0.2, 0.25) is 0 Å². The quantitative estimate of drug-likeness (QED) is 0.745. The topological polar surface area (TPSA) is 54.0 Å². The van der Waals surface area contributed by atoms with Crippen LogP contribution in [-0.2, 0) is 9.47 Å². The molecule has 0 radical (unpaired) electrons. The minimum absolute atomic E-state index is 0.481. The van der Waals surface area contributed by atoms with Gasteiger partial charge < -0.3 is 18.9 Å². The van der Waals surface area contributed by atoms with Crippen molar-refractivity contribution in [3.63, 3.8) is 0 Å². The Hall–Kier alpha value is -1.59. The van der Waals surface area contributed by atoms with E-state index in [2.05, 4.69) is 0 Å². The third kappa shape index (κ3) is 2.25. The smallest absolute Gasteiger partial charge is 0.184 e. The van der Waals surface area contributed by atoms with Crippen LogP contribution < -0.4 is 9.47 Å². The Kier molecular flexibility index (Phi) is 3.61. The predicted octanol–water partition coefficient (Wildman–Crippen LogP) is 1.56. The standard InChI is InChI=1S/C12H14O5/c1-14-10-5-8(7-13)9(6-11(10)15-2)12-16-3-4-17-12/h5-7,12H,3-4H2,1-2H3. The van der Waals surface area contributed by atoms with Gasteiger partial charge in [0.05, 0.1) is 27.4 Å². The molecule has 5 heteroatoms. The summed E-state index contributed by atoms with van der Waals surface area (Å²) in [5.74, 6) is 1.06. The van der Waals surface area contributed by atoms with Crippen LogP contribution in [0.2, 0.25) is 0 Å². The van der Waals surface area contributed by atoms with Crippen LogP contribution >= 0.6 is 0 Å². The normalized spacial score (nSPS) is 15.9. The molecular formula is C12H14O5. The molecule has 0 aliphatic carbocycles. The Balaban J connectivity index is 2.45. The second-order valence-electron chi connectivity index (χ2n) is 3.53. The lowest BCUT2D eigenvalue weighted by molar-refractivity contribution is -0.0445. The van der Waals surface area contributed by atoms with Gasteiger partial charge in [0.15, 0.2) is 24.1 Å². The van der Waals surface area contributed by atoms with Crippen molar-refractivity contribution in [2.75, 3.05) is 27.4 Å². The zero-order valence-corrected chi connectivity index (χ0v) is 9.76. The average Bonchev–Trinajstić information content (AvgIpc) is 2.90. The Labute approximate surface area is 99.2 Å². The molecule has 0 unspecified atom stereocenters. The number of aldehydes is 1. The average molecular weight is 238 g/mol. The summed E-state index contributed by atoms with van der Waals surface area (Å²) in [5.41, 5.74) is 1.14. The van der Waals surface area contributed by atoms with Crippen molar-refractivity contribution in [2.45, 2.75) is 6.29 Å². The van der Waals surface area contributed by atoms with Crippen LogP contribution in [0.25, 0.3) is 0 Å². The van der Waals surface area contributed by atoms with Crippen LogP contribution in [0.15, 0.2) is 12.1 Å². The molecule has 92 valence electrons. The van der Waals surface area contributed by atoms with Crippen LogP contribution in [0.5, 0.6) is 11.5 Å². The number of hydrogen-bond acceptors (Lipinski definition) is 5. The van der Waals surface area contributed by atoms with E-state index in [1.807, 2.05) is 0 Å². The zero-order chi connectivity index (χ0) is 12.3. The highest BCUT2D eigenvalue weighted by Gasteiger charge is 2.23. The van der Waals surface area contributed by atoms with Crippen molar-refractivity contribution < 1.29 is 23.7 Å². The number of ether oxygens (including phenoxy) is 4. The van der Waals surface area contributed by atoms with E-state index < -0.39 is 6.29 Å². The monoisotopic (exact) mass is 238 g/mol. The van der Waals surface area contributed by atoms with E-state index in [0.717, 1.165) is 6.29 Å². The molecule has 0 bridgehead atoms. The van der Waals surface area contributed by atoms with Crippen molar-refractivity contribution in [3.05, 3.63) is 23.3 Å². The third-order valence-electron chi connectivity index (χ3n) is 2.59. The highest BCUT2D eigenvalue weighted by Crippen LogP contribution is 2.35. The van der Waals surface area contributed by atoms with E-state index in [0.29, 0.717) is 35.8 Å². The lowest BCUT2D eigenvalue weighted by atomic mass is 10.1. The van der Waals surface area contributed by atoms with Crippen molar-refractivity contribution in [1.82, 2.24) is 0 Å². The Morgan fingerprint density at radius 2 is 1.76 bits per heavy atom. The van der Waals surface area contributed by atoms with E-state index in [1.165, 1.54) is 7.11 Å². The highest BCUT2D eigenvalue weighted by atomic mass is 16.7. The minimum Gasteiger partial charge on any atom is -0.493 e. The SMILES string of the molecule is COc1cc(C=O)c(C2OCCO2)cc1OC. The molecule has 0 spiro atoms. The van der Waals surface area contributed by atoms with Crippen LogP contribution in [0.4, 0.5) is 0 Å². The Bertz CT molecular complexity index is 410. The number of carbonyl (C=O) groups is 1. The van der Waals surface area contributed by atoms with Gasteiger partial charge >= 0.3 is 0 Å². The first-order valence-corrected chi connectivity index (χ1v) is 5.24. The fourth-order valence-electron chi connectivity index (χ4n) is 1.75. The van der Waals surface area contributed by atoms with Crippen LogP contribution in [0, 0.1) is 0 Å². The summed E-state index contributed by atoms with van der Waals surface area (Å²) < 4.78 is 21.1. The van der Waals surface area contributed by atoms with Gasteiger partial charge in [0.1, 0.15) is 0 Å². The fraction of sp³-hybridized carbons (Fsp3) is 0.417. The molecule has 1 saturated heterocycles. The maximum atomic E-state index is 11.0. The van der Waals surface area contributed by atoms with Crippen LogP contribution in [-0.4, -0.2) is 33.7 Å². The van der Waals surface area contributed by atoms with Gasteiger partial charge in [-0.1, -0.05) is 0 Å². The van der Waals surface area contributed by atoms with E-state index in [4.69, 9.17) is 18.9 Å². The third-order valence-corrected chi connectivity index (χ3v) is 2.59. The van der Waals surface area contributed by atoms with Gasteiger partial charge in [0, 0.05) is 11.1 Å². The lowest BCUT2D eigenvalue weighted by Gasteiger charge is -2.15. The summed E-state index contributed by atoms with van der Waals surface area (Å²) in [6, 6.07) is 3.32. The number of rotatable bonds is 4. The van der Waals surface area contributed by atoms with E-state index in [9.17, 15) is 4.79 Å². The van der Waals surface area contributed by atoms with Crippen molar-refractivity contribution in [2.24, 2.45) is 0 Å². The van der Waals surface area contributed by atoms with E-state index >= 15 is 0 Å². The molecule has 5 nitrogen and oxygen atoms in total. The van der Waals surface area contributed by atoms with Gasteiger partial charge in [-0.3, -0.25) is 4.79 Å². The van der Waals surface area contributed by atoms with Gasteiger partial charge in [-0.2, -0.15) is 0 Å². The van der Waals surface area contributed by atoms with Gasteiger partial charge in [0.25, 0.3) is 0 Å². The van der Waals surface area contributed by atoms with E-state index in [1.54, 1.807) is 19.2 Å². The molecule has 17 heavy (non-hydrogen) atoms. The molecule has 0 N–H and O–H groups in total. The van der Waals surface area contributed by atoms with Crippen molar-refractivity contribution in [3.8, 4) is 11.5 Å². The summed E-state index contributed by atoms with van der Waals surface area (Å²) in [5, 5.41) is 0. The minimum atomic E-state index is -0.505. The Morgan fingerprint density at radius 1 is 1.18 bits per heavy atom. The maximum Gasteiger partial charge on any atom is 0.184 e. The molecule has 1 fully saturated rings. The summed E-state index contributed by atoms with van der Waals surface area (Å²) in [4.78, 5) is 11.0. The summed E-state index contributed by atoms with van der Waals surface area (Å²) in [6.07, 6.45) is 0.248. The number of benzene rings is 1. The van der Waals surface area contributed by atoms with Crippen molar-refractivity contribution >= 4 is 6.29 Å². The number of methoxy groups -OCH3 is 2. The summed E-state index contributed by atoms with van der Waals surface area (Å²) >= 11 is 0. The molecule has 2 rings (SSSR count). The first kappa shape index (κ1) is 11.9. The molecule has 1 aliphatic rings. The first-order valence-electron chi connectivity index (χ1n) is 5.24. The largest absolute Gasteiger partial charge is 0.493 e. The molecule has 1 aromatic carbocycles. The fourth-order valence-corrected chi connectivity index (χ4v) is 1.75. The first-order chi connectivity index (χ1) is 8.30. The van der Waals surface area contributed by atoms with E-state index in [-0.39, 0.29) is 0 Å². The van der Waals surface area contributed by atoms with Crippen LogP contribution in [0.1, 0.15) is 22.2 Å². The van der Waals surface area contributed by atoms with Gasteiger partial charge in [-0.05, 0) is 12.1 Å². The highest BCUT2D eigenvalue weighted by molar-refractivity contribution is 5.79. The molecule has 0 amide bonds. The Morgan fingerprint density at radius 3 is 2.29 bits per heavy atom. The predicted molar refractivity (Wildman–Crippen MR) is 59.6 cm³/mol. The molecule has 1 heterocycles. The molecule has 0 aromatic heterocycles. The van der Waals surface area contributed by atoms with Gasteiger partial charge in [-0.25, -0.2) is 0 Å². The molecule has 1 aliphatic heterocycles. The second kappa shape index (κ2) is 5.16. The molecule has 0 saturated carbocycles. The second-order valence-corrected chi connectivity index (χ2v) is 3.53.